The monoisotopic (exact) mass is 324 g/mol. The molecule has 8 heteroatoms. The summed E-state index contributed by atoms with van der Waals surface area (Å²) in [6.45, 7) is 6.28. The highest BCUT2D eigenvalue weighted by atomic mass is 16.6. The highest BCUT2D eigenvalue weighted by Crippen LogP contribution is 2.32. The number of nitrogens with one attached hydrogen (secondary N) is 1. The largest absolute Gasteiger partial charge is 0.476 e. The number of nitrogens with zero attached hydrogens (tertiary/aromatic N) is 3. The van der Waals surface area contributed by atoms with Crippen molar-refractivity contribution in [3.8, 4) is 0 Å². The Morgan fingerprint density at radius 2 is 2.09 bits per heavy atom. The minimum absolute atomic E-state index is 0.0493. The minimum Gasteiger partial charge on any atom is -0.476 e. The van der Waals surface area contributed by atoms with Crippen LogP contribution in [0.4, 0.5) is 4.79 Å². The van der Waals surface area contributed by atoms with Crippen LogP contribution in [0, 0.1) is 5.92 Å². The summed E-state index contributed by atoms with van der Waals surface area (Å²) in [5.74, 6) is -0.379. The zero-order valence-corrected chi connectivity index (χ0v) is 13.8. The van der Waals surface area contributed by atoms with E-state index in [4.69, 9.17) is 4.74 Å². The summed E-state index contributed by atoms with van der Waals surface area (Å²) in [6.07, 6.45) is 3.27. The Balaban J connectivity index is 1.92. The van der Waals surface area contributed by atoms with Crippen LogP contribution in [-0.2, 0) is 17.7 Å². The molecule has 0 bridgehead atoms. The molecule has 2 N–H and O–H groups in total. The first-order valence-corrected chi connectivity index (χ1v) is 7.89. The molecule has 0 radical (unpaired) electrons. The van der Waals surface area contributed by atoms with Gasteiger partial charge in [-0.1, -0.05) is 18.1 Å². The number of carbonyl (C=O) groups excluding carboxylic acids is 1. The van der Waals surface area contributed by atoms with Gasteiger partial charge in [0.25, 0.3) is 0 Å². The average molecular weight is 324 g/mol. The van der Waals surface area contributed by atoms with Gasteiger partial charge in [0.05, 0.1) is 5.69 Å². The molecule has 1 aromatic heterocycles. The predicted octanol–water partition coefficient (Wildman–Crippen LogP) is 1.84. The van der Waals surface area contributed by atoms with E-state index in [2.05, 4.69) is 15.6 Å². The van der Waals surface area contributed by atoms with Gasteiger partial charge in [-0.3, -0.25) is 0 Å². The van der Waals surface area contributed by atoms with Crippen molar-refractivity contribution in [3.05, 3.63) is 11.4 Å². The Morgan fingerprint density at radius 1 is 1.39 bits per heavy atom. The van der Waals surface area contributed by atoms with Crippen LogP contribution < -0.4 is 5.32 Å². The Morgan fingerprint density at radius 3 is 2.65 bits per heavy atom. The Hall–Kier alpha value is -2.12. The summed E-state index contributed by atoms with van der Waals surface area (Å²) in [6, 6.07) is 0. The van der Waals surface area contributed by atoms with E-state index in [9.17, 15) is 14.7 Å². The summed E-state index contributed by atoms with van der Waals surface area (Å²) >= 11 is 0. The molecule has 0 saturated heterocycles. The predicted molar refractivity (Wildman–Crippen MR) is 82.3 cm³/mol. The zero-order valence-electron chi connectivity index (χ0n) is 13.8. The highest BCUT2D eigenvalue weighted by molar-refractivity contribution is 5.86. The Bertz CT molecular complexity index is 573. The second-order valence-corrected chi connectivity index (χ2v) is 6.82. The third-order valence-electron chi connectivity index (χ3n) is 3.52. The number of hydrogen-bond donors (Lipinski definition) is 2. The number of rotatable bonds is 7. The topological polar surface area (TPSA) is 106 Å². The lowest BCUT2D eigenvalue weighted by Gasteiger charge is -2.19. The molecule has 0 spiro atoms. The van der Waals surface area contributed by atoms with E-state index in [-0.39, 0.29) is 12.2 Å². The molecule has 1 aliphatic carbocycles. The van der Waals surface area contributed by atoms with Crippen LogP contribution >= 0.6 is 0 Å². The maximum absolute atomic E-state index is 11.6. The molecule has 128 valence electrons. The van der Waals surface area contributed by atoms with E-state index in [1.54, 1.807) is 25.5 Å². The summed E-state index contributed by atoms with van der Waals surface area (Å²) in [5, 5.41) is 19.5. The van der Waals surface area contributed by atoms with E-state index in [1.165, 1.54) is 12.8 Å². The third-order valence-corrected chi connectivity index (χ3v) is 3.52. The molecule has 1 fully saturated rings. The SMILES string of the molecule is CC(C)(C)OC(=O)NCCc1c(C(=O)O)nnn1CCC1CC1. The standard InChI is InChI=1S/C15H24N4O4/c1-15(2,3)23-14(22)16-8-6-11-12(13(20)21)17-18-19(11)9-7-10-4-5-10/h10H,4-9H2,1-3H3,(H,16,22)(H,20,21). The molecule has 1 amide bonds. The van der Waals surface area contributed by atoms with Crippen LogP contribution in [0.2, 0.25) is 0 Å². The number of hydrogen-bond acceptors (Lipinski definition) is 5. The van der Waals surface area contributed by atoms with Crippen molar-refractivity contribution in [2.45, 2.75) is 58.6 Å². The summed E-state index contributed by atoms with van der Waals surface area (Å²) in [4.78, 5) is 22.9. The van der Waals surface area contributed by atoms with Gasteiger partial charge in [-0.15, -0.1) is 5.10 Å². The molecular formula is C15H24N4O4. The van der Waals surface area contributed by atoms with Gasteiger partial charge in [0.2, 0.25) is 0 Å². The zero-order chi connectivity index (χ0) is 17.0. The quantitative estimate of drug-likeness (QED) is 0.792. The average Bonchev–Trinajstić information content (AvgIpc) is 3.15. The van der Waals surface area contributed by atoms with Crippen molar-refractivity contribution in [2.24, 2.45) is 5.92 Å². The molecule has 23 heavy (non-hydrogen) atoms. The molecule has 1 heterocycles. The van der Waals surface area contributed by atoms with Crippen LogP contribution in [0.15, 0.2) is 0 Å². The van der Waals surface area contributed by atoms with Crippen LogP contribution in [0.1, 0.15) is 56.2 Å². The number of aryl methyl sites for hydroxylation is 1. The van der Waals surface area contributed by atoms with Crippen molar-refractivity contribution in [2.75, 3.05) is 6.54 Å². The smallest absolute Gasteiger partial charge is 0.407 e. The number of amides is 1. The molecule has 0 atom stereocenters. The Kier molecular flexibility index (Phi) is 5.23. The number of carboxylic acid groups (broad SMARTS) is 1. The van der Waals surface area contributed by atoms with Gasteiger partial charge >= 0.3 is 12.1 Å². The molecule has 0 aliphatic heterocycles. The van der Waals surface area contributed by atoms with Crippen LogP contribution in [-0.4, -0.2) is 44.3 Å². The number of carbonyl (C=O) groups is 2. The molecule has 0 unspecified atom stereocenters. The van der Waals surface area contributed by atoms with Gasteiger partial charge in [-0.25, -0.2) is 14.3 Å². The van der Waals surface area contributed by atoms with E-state index in [1.807, 2.05) is 0 Å². The highest BCUT2D eigenvalue weighted by Gasteiger charge is 2.24. The van der Waals surface area contributed by atoms with E-state index < -0.39 is 17.7 Å². The lowest BCUT2D eigenvalue weighted by molar-refractivity contribution is 0.0528. The van der Waals surface area contributed by atoms with Crippen molar-refractivity contribution in [1.29, 1.82) is 0 Å². The fourth-order valence-corrected chi connectivity index (χ4v) is 2.23. The number of ether oxygens (including phenoxy) is 1. The fourth-order valence-electron chi connectivity index (χ4n) is 2.23. The van der Waals surface area contributed by atoms with E-state index >= 15 is 0 Å². The molecule has 1 saturated carbocycles. The van der Waals surface area contributed by atoms with Gasteiger partial charge in [0.1, 0.15) is 5.60 Å². The van der Waals surface area contributed by atoms with E-state index in [0.717, 1.165) is 12.3 Å². The Labute approximate surface area is 135 Å². The van der Waals surface area contributed by atoms with Crippen molar-refractivity contribution >= 4 is 12.1 Å². The lowest BCUT2D eigenvalue weighted by atomic mass is 10.2. The van der Waals surface area contributed by atoms with Gasteiger partial charge in [-0.2, -0.15) is 0 Å². The normalized spacial score (nSPS) is 14.6. The fraction of sp³-hybridized carbons (Fsp3) is 0.733. The lowest BCUT2D eigenvalue weighted by Crippen LogP contribution is -2.34. The molecule has 2 rings (SSSR count). The maximum atomic E-state index is 11.6. The number of aromatic carboxylic acids is 1. The van der Waals surface area contributed by atoms with E-state index in [0.29, 0.717) is 18.7 Å². The maximum Gasteiger partial charge on any atom is 0.407 e. The number of aromatic nitrogens is 3. The molecule has 1 aromatic rings. The van der Waals surface area contributed by atoms with Crippen LogP contribution in [0.25, 0.3) is 0 Å². The van der Waals surface area contributed by atoms with Crippen molar-refractivity contribution in [1.82, 2.24) is 20.3 Å². The molecule has 8 nitrogen and oxygen atoms in total. The first-order valence-electron chi connectivity index (χ1n) is 7.89. The number of alkyl carbamates (subject to hydrolysis) is 1. The summed E-state index contributed by atoms with van der Waals surface area (Å²) < 4.78 is 6.79. The van der Waals surface area contributed by atoms with Gasteiger partial charge in [0, 0.05) is 19.5 Å². The first kappa shape index (κ1) is 17.2. The van der Waals surface area contributed by atoms with Gasteiger partial charge in [-0.05, 0) is 33.1 Å². The number of carboxylic acids is 1. The van der Waals surface area contributed by atoms with Gasteiger partial charge < -0.3 is 15.2 Å². The molecular weight excluding hydrogens is 300 g/mol. The van der Waals surface area contributed by atoms with Gasteiger partial charge in [0.15, 0.2) is 5.69 Å². The summed E-state index contributed by atoms with van der Waals surface area (Å²) in [5.41, 5.74) is -0.0785. The molecule has 1 aliphatic rings. The first-order chi connectivity index (χ1) is 10.8. The molecule has 0 aromatic carbocycles. The minimum atomic E-state index is -1.10. The second-order valence-electron chi connectivity index (χ2n) is 6.82. The van der Waals surface area contributed by atoms with Crippen LogP contribution in [0.5, 0.6) is 0 Å². The summed E-state index contributed by atoms with van der Waals surface area (Å²) in [7, 11) is 0. The van der Waals surface area contributed by atoms with Crippen molar-refractivity contribution < 1.29 is 19.4 Å². The third kappa shape index (κ3) is 5.54. The van der Waals surface area contributed by atoms with Crippen molar-refractivity contribution in [3.63, 3.8) is 0 Å². The second kappa shape index (κ2) is 6.97. The van der Waals surface area contributed by atoms with Crippen LogP contribution in [0.3, 0.4) is 0 Å².